The van der Waals surface area contributed by atoms with Gasteiger partial charge in [0.15, 0.2) is 5.11 Å². The van der Waals surface area contributed by atoms with Crippen molar-refractivity contribution in [1.82, 2.24) is 10.2 Å². The standard InChI is InChI=1S/C23H22ClN3O2S2/c24-19-17-10-3-4-11-18(17)31-20(19)21(28)26-23(30)25-16-9-7-8-15(14-16)22(29)27-12-5-1-2-6-13-27/h3-4,7-11,14H,1-2,5-6,12-13H2,(H2,25,26,28,30). The third-order valence-corrected chi connectivity index (χ3v) is 7.11. The number of likely N-dealkylation sites (tertiary alicyclic amines) is 1. The van der Waals surface area contributed by atoms with E-state index in [4.69, 9.17) is 23.8 Å². The van der Waals surface area contributed by atoms with Gasteiger partial charge in [-0.15, -0.1) is 11.3 Å². The van der Waals surface area contributed by atoms with Gasteiger partial charge >= 0.3 is 0 Å². The highest BCUT2D eigenvalue weighted by Gasteiger charge is 2.19. The van der Waals surface area contributed by atoms with Crippen LogP contribution in [-0.4, -0.2) is 34.9 Å². The zero-order chi connectivity index (χ0) is 21.8. The van der Waals surface area contributed by atoms with Gasteiger partial charge in [0.25, 0.3) is 11.8 Å². The van der Waals surface area contributed by atoms with Crippen LogP contribution in [0.1, 0.15) is 45.7 Å². The van der Waals surface area contributed by atoms with Crippen LogP contribution in [-0.2, 0) is 0 Å². The first-order valence-corrected chi connectivity index (χ1v) is 11.8. The van der Waals surface area contributed by atoms with Crippen molar-refractivity contribution >= 4 is 67.9 Å². The molecule has 0 saturated carbocycles. The largest absolute Gasteiger partial charge is 0.339 e. The molecule has 1 saturated heterocycles. The minimum Gasteiger partial charge on any atom is -0.339 e. The summed E-state index contributed by atoms with van der Waals surface area (Å²) in [5, 5.41) is 7.09. The molecule has 0 atom stereocenters. The van der Waals surface area contributed by atoms with Gasteiger partial charge < -0.3 is 10.2 Å². The number of anilines is 1. The summed E-state index contributed by atoms with van der Waals surface area (Å²) in [6.07, 6.45) is 4.42. The van der Waals surface area contributed by atoms with Gasteiger partial charge in [-0.25, -0.2) is 0 Å². The Labute approximate surface area is 195 Å². The van der Waals surface area contributed by atoms with Gasteiger partial charge in [0.2, 0.25) is 0 Å². The second-order valence-electron chi connectivity index (χ2n) is 7.44. The molecule has 160 valence electrons. The van der Waals surface area contributed by atoms with E-state index in [1.807, 2.05) is 35.2 Å². The maximum atomic E-state index is 12.9. The van der Waals surface area contributed by atoms with Gasteiger partial charge in [0, 0.05) is 34.4 Å². The molecule has 2 aromatic carbocycles. The third kappa shape index (κ3) is 5.06. The van der Waals surface area contributed by atoms with Crippen molar-refractivity contribution < 1.29 is 9.59 Å². The zero-order valence-corrected chi connectivity index (χ0v) is 19.2. The van der Waals surface area contributed by atoms with E-state index in [-0.39, 0.29) is 16.9 Å². The smallest absolute Gasteiger partial charge is 0.269 e. The molecule has 31 heavy (non-hydrogen) atoms. The fraction of sp³-hybridized carbons (Fsp3) is 0.261. The topological polar surface area (TPSA) is 61.4 Å². The third-order valence-electron chi connectivity index (χ3n) is 5.23. The van der Waals surface area contributed by atoms with Crippen molar-refractivity contribution in [3.63, 3.8) is 0 Å². The Kier molecular flexibility index (Phi) is 6.85. The number of nitrogens with one attached hydrogen (secondary N) is 2. The maximum Gasteiger partial charge on any atom is 0.269 e. The van der Waals surface area contributed by atoms with E-state index in [1.165, 1.54) is 24.2 Å². The van der Waals surface area contributed by atoms with Gasteiger partial charge in [-0.1, -0.05) is 48.7 Å². The average molecular weight is 472 g/mol. The summed E-state index contributed by atoms with van der Waals surface area (Å²) in [4.78, 5) is 27.9. The van der Waals surface area contributed by atoms with Crippen molar-refractivity contribution in [3.05, 3.63) is 64.0 Å². The number of hydrogen-bond donors (Lipinski definition) is 2. The van der Waals surface area contributed by atoms with Crippen molar-refractivity contribution in [3.8, 4) is 0 Å². The maximum absolute atomic E-state index is 12.9. The van der Waals surface area contributed by atoms with Crippen molar-refractivity contribution in [2.75, 3.05) is 18.4 Å². The lowest BCUT2D eigenvalue weighted by Crippen LogP contribution is -2.34. The Balaban J connectivity index is 1.42. The van der Waals surface area contributed by atoms with Crippen LogP contribution >= 0.6 is 35.2 Å². The molecule has 0 radical (unpaired) electrons. The highest BCUT2D eigenvalue weighted by molar-refractivity contribution is 7.80. The number of nitrogens with zero attached hydrogens (tertiary/aromatic N) is 1. The number of hydrogen-bond acceptors (Lipinski definition) is 4. The van der Waals surface area contributed by atoms with E-state index >= 15 is 0 Å². The minimum atomic E-state index is -0.361. The molecule has 1 aromatic heterocycles. The lowest BCUT2D eigenvalue weighted by atomic mass is 10.1. The van der Waals surface area contributed by atoms with Crippen LogP contribution in [0.3, 0.4) is 0 Å². The minimum absolute atomic E-state index is 0.0255. The highest BCUT2D eigenvalue weighted by atomic mass is 35.5. The van der Waals surface area contributed by atoms with Gasteiger partial charge in [0.1, 0.15) is 4.88 Å². The number of amides is 2. The molecule has 2 heterocycles. The molecule has 0 unspecified atom stereocenters. The molecule has 1 aliphatic heterocycles. The Hall–Kier alpha value is -2.48. The molecule has 0 aliphatic carbocycles. The zero-order valence-electron chi connectivity index (χ0n) is 16.8. The SMILES string of the molecule is O=C(NC(=S)Nc1cccc(C(=O)N2CCCCCC2)c1)c1sc2ccccc2c1Cl. The van der Waals surface area contributed by atoms with Crippen LogP contribution < -0.4 is 10.6 Å². The van der Waals surface area contributed by atoms with E-state index in [0.717, 1.165) is 36.0 Å². The van der Waals surface area contributed by atoms with Crippen molar-refractivity contribution in [1.29, 1.82) is 0 Å². The van der Waals surface area contributed by atoms with E-state index in [1.54, 1.807) is 18.2 Å². The van der Waals surface area contributed by atoms with Crippen molar-refractivity contribution in [2.45, 2.75) is 25.7 Å². The predicted octanol–water partition coefficient (Wildman–Crippen LogP) is 5.70. The summed E-state index contributed by atoms with van der Waals surface area (Å²) in [5.41, 5.74) is 1.25. The lowest BCUT2D eigenvalue weighted by molar-refractivity contribution is 0.0761. The molecular weight excluding hydrogens is 450 g/mol. The Morgan fingerprint density at radius 3 is 2.48 bits per heavy atom. The number of fused-ring (bicyclic) bond motifs is 1. The predicted molar refractivity (Wildman–Crippen MR) is 131 cm³/mol. The van der Waals surface area contributed by atoms with E-state index in [0.29, 0.717) is 21.2 Å². The van der Waals surface area contributed by atoms with Gasteiger partial charge in [0.05, 0.1) is 5.02 Å². The number of halogens is 1. The Morgan fingerprint density at radius 2 is 1.74 bits per heavy atom. The van der Waals surface area contributed by atoms with Crippen LogP contribution in [0, 0.1) is 0 Å². The molecule has 0 spiro atoms. The van der Waals surface area contributed by atoms with Gasteiger partial charge in [-0.3, -0.25) is 14.9 Å². The molecule has 8 heteroatoms. The number of rotatable bonds is 3. The Morgan fingerprint density at radius 1 is 1.00 bits per heavy atom. The summed E-state index contributed by atoms with van der Waals surface area (Å²) in [6.45, 7) is 1.59. The monoisotopic (exact) mass is 471 g/mol. The number of carbonyl (C=O) groups excluding carboxylic acids is 2. The van der Waals surface area contributed by atoms with Crippen LogP contribution in [0.25, 0.3) is 10.1 Å². The second kappa shape index (κ2) is 9.77. The lowest BCUT2D eigenvalue weighted by Gasteiger charge is -2.20. The molecule has 5 nitrogen and oxygen atoms in total. The normalized spacial score (nSPS) is 14.2. The molecule has 1 aliphatic rings. The fourth-order valence-corrected chi connectivity index (χ4v) is 5.29. The molecule has 1 fully saturated rings. The summed E-state index contributed by atoms with van der Waals surface area (Å²) in [6, 6.07) is 14.8. The first-order valence-electron chi connectivity index (χ1n) is 10.2. The highest BCUT2D eigenvalue weighted by Crippen LogP contribution is 2.35. The molecule has 4 rings (SSSR count). The summed E-state index contributed by atoms with van der Waals surface area (Å²) in [7, 11) is 0. The summed E-state index contributed by atoms with van der Waals surface area (Å²) in [5.74, 6) is -0.335. The first kappa shape index (κ1) is 21.7. The van der Waals surface area contributed by atoms with Crippen molar-refractivity contribution in [2.24, 2.45) is 0 Å². The first-order chi connectivity index (χ1) is 15.0. The van der Waals surface area contributed by atoms with E-state index in [2.05, 4.69) is 10.6 Å². The average Bonchev–Trinajstić information content (AvgIpc) is 2.93. The molecule has 0 bridgehead atoms. The van der Waals surface area contributed by atoms with Crippen LogP contribution in [0.4, 0.5) is 5.69 Å². The number of carbonyl (C=O) groups is 2. The number of thiophene rings is 1. The number of benzene rings is 2. The molecule has 2 amide bonds. The molecular formula is C23H22ClN3O2S2. The van der Waals surface area contributed by atoms with E-state index < -0.39 is 0 Å². The van der Waals surface area contributed by atoms with E-state index in [9.17, 15) is 9.59 Å². The fourth-order valence-electron chi connectivity index (χ4n) is 3.67. The summed E-state index contributed by atoms with van der Waals surface area (Å²) >= 11 is 13.0. The Bertz CT molecular complexity index is 1140. The van der Waals surface area contributed by atoms with Gasteiger partial charge in [-0.2, -0.15) is 0 Å². The van der Waals surface area contributed by atoms with Crippen LogP contribution in [0.15, 0.2) is 48.5 Å². The second-order valence-corrected chi connectivity index (χ2v) is 9.28. The van der Waals surface area contributed by atoms with Gasteiger partial charge in [-0.05, 0) is 49.3 Å². The van der Waals surface area contributed by atoms with Crippen LogP contribution in [0.2, 0.25) is 5.02 Å². The summed E-state index contributed by atoms with van der Waals surface area (Å²) < 4.78 is 0.941. The quantitative estimate of drug-likeness (QED) is 0.481. The molecule has 3 aromatic rings. The number of thiocarbonyl (C=S) groups is 1. The molecule has 2 N–H and O–H groups in total. The van der Waals surface area contributed by atoms with Crippen LogP contribution in [0.5, 0.6) is 0 Å².